The van der Waals surface area contributed by atoms with E-state index in [0.717, 1.165) is 54.9 Å². The molecule has 0 aliphatic carbocycles. The van der Waals surface area contributed by atoms with Gasteiger partial charge in [0.1, 0.15) is 17.5 Å². The minimum Gasteiger partial charge on any atom is -0.309 e. The minimum atomic E-state index is -0.342. The SMILES string of the molecule is Fc1cccc(-c2cc(-c3cccc(F)c3)nc(-n3c4ccccc4c4ccc5c(cc6c7ccccc7c7ccccc7n65)c43)c2)c1. The molecule has 5 heteroatoms. The summed E-state index contributed by atoms with van der Waals surface area (Å²) in [7, 11) is 0. The number of aromatic nitrogens is 3. The van der Waals surface area contributed by atoms with Crippen LogP contribution in [0.3, 0.4) is 0 Å². The Kier molecular flexibility index (Phi) is 5.64. The molecule has 0 N–H and O–H groups in total. The Labute approximate surface area is 273 Å². The average molecular weight is 622 g/mol. The van der Waals surface area contributed by atoms with Crippen molar-refractivity contribution < 1.29 is 8.78 Å². The Morgan fingerprint density at radius 3 is 1.75 bits per heavy atom. The molecule has 3 nitrogen and oxygen atoms in total. The number of pyridine rings is 2. The molecule has 0 spiro atoms. The molecule has 0 aliphatic heterocycles. The number of hydrogen-bond acceptors (Lipinski definition) is 1. The third kappa shape index (κ3) is 3.88. The summed E-state index contributed by atoms with van der Waals surface area (Å²) in [6, 6.07) is 49.1. The molecule has 0 atom stereocenters. The topological polar surface area (TPSA) is 22.2 Å². The van der Waals surface area contributed by atoms with E-state index >= 15 is 0 Å². The Morgan fingerprint density at radius 1 is 0.396 bits per heavy atom. The third-order valence-electron chi connectivity index (χ3n) is 9.57. The summed E-state index contributed by atoms with van der Waals surface area (Å²) in [5.74, 6) is 0.00178. The lowest BCUT2D eigenvalue weighted by molar-refractivity contribution is 0.628. The molecule has 10 aromatic rings. The predicted molar refractivity (Wildman–Crippen MR) is 193 cm³/mol. The molecule has 10 rings (SSSR count). The molecule has 6 aromatic carbocycles. The molecule has 0 radical (unpaired) electrons. The van der Waals surface area contributed by atoms with Crippen molar-refractivity contribution in [2.45, 2.75) is 0 Å². The van der Waals surface area contributed by atoms with Crippen LogP contribution >= 0.6 is 0 Å². The smallest absolute Gasteiger partial charge is 0.138 e. The van der Waals surface area contributed by atoms with Gasteiger partial charge in [0, 0.05) is 32.5 Å². The fraction of sp³-hybridized carbons (Fsp3) is 0. The number of rotatable bonds is 3. The lowest BCUT2D eigenvalue weighted by Gasteiger charge is -2.13. The molecule has 0 saturated carbocycles. The molecule has 0 fully saturated rings. The van der Waals surface area contributed by atoms with Crippen LogP contribution in [0.4, 0.5) is 8.78 Å². The normalized spacial score (nSPS) is 12.0. The van der Waals surface area contributed by atoms with Crippen LogP contribution in [0.1, 0.15) is 0 Å². The van der Waals surface area contributed by atoms with Crippen molar-refractivity contribution in [2.24, 2.45) is 0 Å². The van der Waals surface area contributed by atoms with Crippen molar-refractivity contribution >= 4 is 59.9 Å². The van der Waals surface area contributed by atoms with Crippen LogP contribution in [0.5, 0.6) is 0 Å². The number of hydrogen-bond donors (Lipinski definition) is 0. The Balaban J connectivity index is 1.38. The van der Waals surface area contributed by atoms with E-state index in [1.807, 2.05) is 30.3 Å². The van der Waals surface area contributed by atoms with Gasteiger partial charge in [-0.15, -0.1) is 0 Å². The molecule has 0 unspecified atom stereocenters. The number of para-hydroxylation sites is 2. The summed E-state index contributed by atoms with van der Waals surface area (Å²) in [6.45, 7) is 0. The number of benzene rings is 6. The molecular formula is C43H25F2N3. The van der Waals surface area contributed by atoms with Crippen molar-refractivity contribution in [3.05, 3.63) is 163 Å². The van der Waals surface area contributed by atoms with Gasteiger partial charge in [-0.2, -0.15) is 0 Å². The molecule has 0 bridgehead atoms. The molecule has 48 heavy (non-hydrogen) atoms. The van der Waals surface area contributed by atoms with Gasteiger partial charge in [0.25, 0.3) is 0 Å². The lowest BCUT2D eigenvalue weighted by Crippen LogP contribution is -2.00. The Morgan fingerprint density at radius 2 is 1.00 bits per heavy atom. The quantitative estimate of drug-likeness (QED) is 0.180. The van der Waals surface area contributed by atoms with E-state index in [4.69, 9.17) is 4.98 Å². The highest BCUT2D eigenvalue weighted by Crippen LogP contribution is 2.41. The maximum atomic E-state index is 14.5. The number of fused-ring (bicyclic) bond motifs is 12. The molecule has 226 valence electrons. The number of halogens is 2. The molecular weight excluding hydrogens is 596 g/mol. The van der Waals surface area contributed by atoms with E-state index in [-0.39, 0.29) is 11.6 Å². The lowest BCUT2D eigenvalue weighted by atomic mass is 10.0. The maximum absolute atomic E-state index is 14.5. The maximum Gasteiger partial charge on any atom is 0.138 e. The van der Waals surface area contributed by atoms with Gasteiger partial charge < -0.3 is 4.40 Å². The fourth-order valence-electron chi connectivity index (χ4n) is 7.54. The van der Waals surface area contributed by atoms with Crippen LogP contribution in [-0.2, 0) is 0 Å². The monoisotopic (exact) mass is 621 g/mol. The summed E-state index contributed by atoms with van der Waals surface area (Å²) < 4.78 is 33.7. The molecule has 4 heterocycles. The third-order valence-corrected chi connectivity index (χ3v) is 9.57. The van der Waals surface area contributed by atoms with Gasteiger partial charge >= 0.3 is 0 Å². The van der Waals surface area contributed by atoms with Crippen molar-refractivity contribution in [1.29, 1.82) is 0 Å². The number of nitrogens with zero attached hydrogens (tertiary/aromatic N) is 3. The standard InChI is InChI=1S/C43H25F2N3/c44-29-11-7-9-26(21-29)28-23-37(27-10-8-12-30(45)22-27)46-42(24-28)48-39-18-6-4-16-34(39)35-19-20-40-36(43(35)48)25-41-33-15-2-1-13-31(33)32-14-3-5-17-38(32)47(40)41/h1-25H. The predicted octanol–water partition coefficient (Wildman–Crippen LogP) is 11.5. The van der Waals surface area contributed by atoms with Crippen LogP contribution in [0.15, 0.2) is 152 Å². The van der Waals surface area contributed by atoms with Gasteiger partial charge in [0.05, 0.1) is 33.3 Å². The first-order valence-electron chi connectivity index (χ1n) is 15.9. The first-order chi connectivity index (χ1) is 23.6. The van der Waals surface area contributed by atoms with Crippen LogP contribution in [-0.4, -0.2) is 14.0 Å². The van der Waals surface area contributed by atoms with Crippen LogP contribution in [0.2, 0.25) is 0 Å². The molecule has 0 amide bonds. The van der Waals surface area contributed by atoms with Gasteiger partial charge in [0.15, 0.2) is 0 Å². The second kappa shape index (κ2) is 10.1. The van der Waals surface area contributed by atoms with E-state index in [0.29, 0.717) is 17.1 Å². The van der Waals surface area contributed by atoms with Crippen LogP contribution in [0.25, 0.3) is 88.1 Å². The van der Waals surface area contributed by atoms with Crippen molar-refractivity contribution in [3.63, 3.8) is 0 Å². The summed E-state index contributed by atoms with van der Waals surface area (Å²) >= 11 is 0. The summed E-state index contributed by atoms with van der Waals surface area (Å²) in [5, 5.41) is 6.89. The summed E-state index contributed by atoms with van der Waals surface area (Å²) in [6.07, 6.45) is 0. The zero-order chi connectivity index (χ0) is 31.9. The summed E-state index contributed by atoms with van der Waals surface area (Å²) in [4.78, 5) is 5.19. The second-order valence-electron chi connectivity index (χ2n) is 12.3. The highest BCUT2D eigenvalue weighted by atomic mass is 19.1. The van der Waals surface area contributed by atoms with E-state index < -0.39 is 0 Å². The fourth-order valence-corrected chi connectivity index (χ4v) is 7.54. The van der Waals surface area contributed by atoms with Gasteiger partial charge in [-0.3, -0.25) is 4.57 Å². The zero-order valence-electron chi connectivity index (χ0n) is 25.5. The highest BCUT2D eigenvalue weighted by molar-refractivity contribution is 6.22. The zero-order valence-corrected chi connectivity index (χ0v) is 25.5. The van der Waals surface area contributed by atoms with E-state index in [1.54, 1.807) is 12.1 Å². The Bertz CT molecular complexity index is 2870. The van der Waals surface area contributed by atoms with Crippen LogP contribution < -0.4 is 0 Å². The summed E-state index contributed by atoms with van der Waals surface area (Å²) in [5.41, 5.74) is 8.14. The highest BCUT2D eigenvalue weighted by Gasteiger charge is 2.21. The average Bonchev–Trinajstić information content (AvgIpc) is 3.69. The van der Waals surface area contributed by atoms with Gasteiger partial charge in [-0.1, -0.05) is 91.0 Å². The van der Waals surface area contributed by atoms with Crippen molar-refractivity contribution in [1.82, 2.24) is 14.0 Å². The Hall–Kier alpha value is -6.33. The van der Waals surface area contributed by atoms with E-state index in [2.05, 4.69) is 93.9 Å². The molecule has 4 aromatic heterocycles. The van der Waals surface area contributed by atoms with Gasteiger partial charge in [-0.05, 0) is 77.2 Å². The largest absolute Gasteiger partial charge is 0.309 e. The van der Waals surface area contributed by atoms with Crippen molar-refractivity contribution in [3.8, 4) is 28.2 Å². The first kappa shape index (κ1) is 26.8. The van der Waals surface area contributed by atoms with Crippen LogP contribution in [0, 0.1) is 11.6 Å². The van der Waals surface area contributed by atoms with Gasteiger partial charge in [-0.25, -0.2) is 13.8 Å². The van der Waals surface area contributed by atoms with E-state index in [9.17, 15) is 8.78 Å². The second-order valence-corrected chi connectivity index (χ2v) is 12.3. The van der Waals surface area contributed by atoms with E-state index in [1.165, 1.54) is 40.4 Å². The van der Waals surface area contributed by atoms with Gasteiger partial charge in [0.2, 0.25) is 0 Å². The van der Waals surface area contributed by atoms with Crippen molar-refractivity contribution in [2.75, 3.05) is 0 Å². The first-order valence-corrected chi connectivity index (χ1v) is 15.9. The molecule has 0 aliphatic rings. The minimum absolute atomic E-state index is 0.323. The molecule has 0 saturated heterocycles.